The Morgan fingerprint density at radius 2 is 2.00 bits per heavy atom. The molecule has 1 atom stereocenters. The third-order valence-corrected chi connectivity index (χ3v) is 3.46. The van der Waals surface area contributed by atoms with Crippen LogP contribution in [0.25, 0.3) is 0 Å². The van der Waals surface area contributed by atoms with Gasteiger partial charge in [-0.3, -0.25) is 9.59 Å². The van der Waals surface area contributed by atoms with Gasteiger partial charge in [-0.2, -0.15) is 0 Å². The van der Waals surface area contributed by atoms with Crippen molar-refractivity contribution in [1.29, 1.82) is 0 Å². The predicted octanol–water partition coefficient (Wildman–Crippen LogP) is 2.46. The van der Waals surface area contributed by atoms with Crippen LogP contribution in [0.5, 0.6) is 0 Å². The van der Waals surface area contributed by atoms with Gasteiger partial charge in [-0.15, -0.1) is 0 Å². The number of hydrogen-bond donors (Lipinski definition) is 0. The van der Waals surface area contributed by atoms with Crippen LogP contribution >= 0.6 is 0 Å². The summed E-state index contributed by atoms with van der Waals surface area (Å²) in [5, 5.41) is 0. The highest BCUT2D eigenvalue weighted by Crippen LogP contribution is 2.41. The molecule has 3 nitrogen and oxygen atoms in total. The van der Waals surface area contributed by atoms with Gasteiger partial charge in [0.15, 0.2) is 0 Å². The van der Waals surface area contributed by atoms with Crippen molar-refractivity contribution >= 4 is 17.3 Å². The van der Waals surface area contributed by atoms with E-state index in [1.165, 1.54) is 6.92 Å². The smallest absolute Gasteiger partial charge is 0.146 e. The molecule has 0 spiro atoms. The molecule has 1 rings (SSSR count). The molecule has 0 aromatic rings. The van der Waals surface area contributed by atoms with Crippen LogP contribution in [-0.4, -0.2) is 17.3 Å². The van der Waals surface area contributed by atoms with Gasteiger partial charge in [-0.05, 0) is 32.6 Å². The average Bonchev–Trinajstić information content (AvgIpc) is 2.58. The van der Waals surface area contributed by atoms with Crippen LogP contribution in [-0.2, 0) is 14.4 Å². The summed E-state index contributed by atoms with van der Waals surface area (Å²) in [5.41, 5.74) is -0.804. The second-order valence-corrected chi connectivity index (χ2v) is 4.73. The van der Waals surface area contributed by atoms with Crippen LogP contribution in [0.3, 0.4) is 0 Å². The summed E-state index contributed by atoms with van der Waals surface area (Å²) in [7, 11) is 0. The van der Waals surface area contributed by atoms with Crippen molar-refractivity contribution in [2.75, 3.05) is 0 Å². The number of ketones is 3. The lowest BCUT2D eigenvalue weighted by molar-refractivity contribution is -0.139. The standard InChI is InChI=1S/C13H20O3/c1-3-5-11(15)13(9-7-10(2)14)8-4-6-12(13)16/h3-9H2,1-2H3/t13-/m0/s1. The molecule has 90 valence electrons. The lowest BCUT2D eigenvalue weighted by Gasteiger charge is -2.25. The van der Waals surface area contributed by atoms with Crippen molar-refractivity contribution < 1.29 is 14.4 Å². The minimum atomic E-state index is -0.804. The Morgan fingerprint density at radius 3 is 2.44 bits per heavy atom. The molecule has 1 aliphatic rings. The van der Waals surface area contributed by atoms with Gasteiger partial charge in [0.05, 0.1) is 5.41 Å². The third kappa shape index (κ3) is 2.57. The normalized spacial score (nSPS) is 24.8. The maximum absolute atomic E-state index is 12.1. The molecule has 3 heteroatoms. The summed E-state index contributed by atoms with van der Waals surface area (Å²) in [5.74, 6) is 0.175. The second-order valence-electron chi connectivity index (χ2n) is 4.73. The summed E-state index contributed by atoms with van der Waals surface area (Å²) in [4.78, 5) is 35.0. The number of rotatable bonds is 6. The van der Waals surface area contributed by atoms with Gasteiger partial charge in [0.1, 0.15) is 17.3 Å². The van der Waals surface area contributed by atoms with Crippen LogP contribution in [0.1, 0.15) is 58.8 Å². The first-order valence-electron chi connectivity index (χ1n) is 6.09. The zero-order valence-corrected chi connectivity index (χ0v) is 10.2. The summed E-state index contributed by atoms with van der Waals surface area (Å²) < 4.78 is 0. The maximum atomic E-state index is 12.1. The van der Waals surface area contributed by atoms with E-state index in [1.807, 2.05) is 6.92 Å². The fraction of sp³-hybridized carbons (Fsp3) is 0.769. The monoisotopic (exact) mass is 224 g/mol. The molecular formula is C13H20O3. The minimum absolute atomic E-state index is 0.0544. The van der Waals surface area contributed by atoms with Crippen LogP contribution in [0.2, 0.25) is 0 Å². The fourth-order valence-electron chi connectivity index (χ4n) is 2.48. The fourth-order valence-corrected chi connectivity index (χ4v) is 2.48. The molecule has 0 aliphatic heterocycles. The van der Waals surface area contributed by atoms with Gasteiger partial charge in [0.25, 0.3) is 0 Å². The molecule has 1 fully saturated rings. The molecule has 1 saturated carbocycles. The third-order valence-electron chi connectivity index (χ3n) is 3.46. The molecule has 1 aliphatic carbocycles. The van der Waals surface area contributed by atoms with Crippen molar-refractivity contribution in [3.05, 3.63) is 0 Å². The zero-order valence-electron chi connectivity index (χ0n) is 10.2. The highest BCUT2D eigenvalue weighted by atomic mass is 16.2. The zero-order chi connectivity index (χ0) is 12.2. The molecule has 0 heterocycles. The van der Waals surface area contributed by atoms with E-state index in [2.05, 4.69) is 0 Å². The van der Waals surface area contributed by atoms with E-state index in [-0.39, 0.29) is 17.3 Å². The Bertz CT molecular complexity index is 306. The minimum Gasteiger partial charge on any atom is -0.300 e. The quantitative estimate of drug-likeness (QED) is 0.651. The first-order valence-corrected chi connectivity index (χ1v) is 6.09. The molecule has 0 unspecified atom stereocenters. The van der Waals surface area contributed by atoms with Gasteiger partial charge in [0, 0.05) is 19.3 Å². The van der Waals surface area contributed by atoms with Crippen LogP contribution in [0, 0.1) is 5.41 Å². The van der Waals surface area contributed by atoms with Gasteiger partial charge < -0.3 is 4.79 Å². The summed E-state index contributed by atoms with van der Waals surface area (Å²) in [6.45, 7) is 3.45. The van der Waals surface area contributed by atoms with Crippen LogP contribution in [0.4, 0.5) is 0 Å². The first kappa shape index (κ1) is 13.1. The molecule has 0 aromatic carbocycles. The molecular weight excluding hydrogens is 204 g/mol. The van der Waals surface area contributed by atoms with Crippen molar-refractivity contribution in [2.24, 2.45) is 5.41 Å². The first-order chi connectivity index (χ1) is 7.53. The number of carbonyl (C=O) groups is 3. The van der Waals surface area contributed by atoms with E-state index in [0.717, 1.165) is 12.8 Å². The van der Waals surface area contributed by atoms with E-state index in [9.17, 15) is 14.4 Å². The largest absolute Gasteiger partial charge is 0.300 e. The van der Waals surface area contributed by atoms with Crippen LogP contribution < -0.4 is 0 Å². The Morgan fingerprint density at radius 1 is 1.31 bits per heavy atom. The Labute approximate surface area is 96.6 Å². The van der Waals surface area contributed by atoms with Gasteiger partial charge in [0.2, 0.25) is 0 Å². The molecule has 0 amide bonds. The number of hydrogen-bond acceptors (Lipinski definition) is 3. The average molecular weight is 224 g/mol. The molecule has 0 radical (unpaired) electrons. The maximum Gasteiger partial charge on any atom is 0.146 e. The molecule has 0 aromatic heterocycles. The Kier molecular flexibility index (Phi) is 4.39. The SMILES string of the molecule is CCCC(=O)[C@@]1(CCC(C)=O)CCCC1=O. The predicted molar refractivity (Wildman–Crippen MR) is 61.1 cm³/mol. The highest BCUT2D eigenvalue weighted by Gasteiger charge is 2.46. The molecule has 0 saturated heterocycles. The summed E-state index contributed by atoms with van der Waals surface area (Å²) in [6.07, 6.45) is 3.97. The number of Topliss-reactive ketones (excluding diaryl/α,β-unsaturated/α-hetero) is 3. The lowest BCUT2D eigenvalue weighted by Crippen LogP contribution is -2.35. The van der Waals surface area contributed by atoms with Crippen molar-refractivity contribution in [2.45, 2.75) is 58.8 Å². The summed E-state index contributed by atoms with van der Waals surface area (Å²) in [6, 6.07) is 0. The highest BCUT2D eigenvalue weighted by molar-refractivity contribution is 6.08. The summed E-state index contributed by atoms with van der Waals surface area (Å²) >= 11 is 0. The van der Waals surface area contributed by atoms with E-state index >= 15 is 0 Å². The van der Waals surface area contributed by atoms with E-state index in [0.29, 0.717) is 32.1 Å². The lowest BCUT2D eigenvalue weighted by atomic mass is 9.75. The molecule has 16 heavy (non-hydrogen) atoms. The molecule has 0 N–H and O–H groups in total. The second kappa shape index (κ2) is 5.37. The van der Waals surface area contributed by atoms with E-state index in [4.69, 9.17) is 0 Å². The number of carbonyl (C=O) groups excluding carboxylic acids is 3. The van der Waals surface area contributed by atoms with Crippen molar-refractivity contribution in [1.82, 2.24) is 0 Å². The van der Waals surface area contributed by atoms with Crippen molar-refractivity contribution in [3.63, 3.8) is 0 Å². The molecule has 0 bridgehead atoms. The van der Waals surface area contributed by atoms with Gasteiger partial charge >= 0.3 is 0 Å². The van der Waals surface area contributed by atoms with E-state index < -0.39 is 5.41 Å². The van der Waals surface area contributed by atoms with Gasteiger partial charge in [-0.25, -0.2) is 0 Å². The topological polar surface area (TPSA) is 51.2 Å². The van der Waals surface area contributed by atoms with Gasteiger partial charge in [-0.1, -0.05) is 6.92 Å². The van der Waals surface area contributed by atoms with Crippen molar-refractivity contribution in [3.8, 4) is 0 Å². The Hall–Kier alpha value is -0.990. The Balaban J connectivity index is 2.80. The van der Waals surface area contributed by atoms with Crippen LogP contribution in [0.15, 0.2) is 0 Å². The van der Waals surface area contributed by atoms with E-state index in [1.54, 1.807) is 0 Å².